The van der Waals surface area contributed by atoms with Crippen LogP contribution in [-0.4, -0.2) is 18.1 Å². The molecule has 0 unspecified atom stereocenters. The van der Waals surface area contributed by atoms with Gasteiger partial charge in [-0.3, -0.25) is 0 Å². The van der Waals surface area contributed by atoms with Gasteiger partial charge in [0.1, 0.15) is 5.82 Å². The van der Waals surface area contributed by atoms with Crippen LogP contribution in [0.1, 0.15) is 31.2 Å². The van der Waals surface area contributed by atoms with Gasteiger partial charge >= 0.3 is 0 Å². The smallest absolute Gasteiger partial charge is 0.133 e. The van der Waals surface area contributed by atoms with Crippen LogP contribution in [0.4, 0.5) is 4.39 Å². The maximum Gasteiger partial charge on any atom is 0.133 e. The number of benzene rings is 1. The molecule has 0 amide bonds. The fraction of sp³-hybridized carbons (Fsp3) is 0.438. The summed E-state index contributed by atoms with van der Waals surface area (Å²) in [7, 11) is 0. The number of halogens is 1. The van der Waals surface area contributed by atoms with Gasteiger partial charge in [-0.25, -0.2) is 4.39 Å². The first kappa shape index (κ1) is 13.1. The van der Waals surface area contributed by atoms with Gasteiger partial charge in [0.05, 0.1) is 11.6 Å². The molecule has 1 aromatic carbocycles. The number of piperidine rings is 1. The Balaban J connectivity index is 0.000000131. The predicted octanol–water partition coefficient (Wildman–Crippen LogP) is 3.33. The Morgan fingerprint density at radius 2 is 1.90 bits per heavy atom. The minimum Gasteiger partial charge on any atom is -0.361 e. The number of nitriles is 1. The SMILES string of the molecule is C1CC2(CCN1)CC2.N#Cc1cc(F)c2cc[nH]c2c1. The number of nitrogens with zero attached hydrogens (tertiary/aromatic N) is 1. The predicted molar refractivity (Wildman–Crippen MR) is 76.7 cm³/mol. The summed E-state index contributed by atoms with van der Waals surface area (Å²) < 4.78 is 13.1. The van der Waals surface area contributed by atoms with Crippen molar-refractivity contribution in [3.63, 3.8) is 0 Å². The first-order chi connectivity index (χ1) is 9.72. The number of H-pyrrole nitrogens is 1. The summed E-state index contributed by atoms with van der Waals surface area (Å²) in [6.45, 7) is 2.56. The number of nitrogens with one attached hydrogen (secondary N) is 2. The lowest BCUT2D eigenvalue weighted by molar-refractivity contribution is 0.353. The van der Waals surface area contributed by atoms with Crippen molar-refractivity contribution in [3.8, 4) is 6.07 Å². The van der Waals surface area contributed by atoms with Crippen LogP contribution in [0.5, 0.6) is 0 Å². The normalized spacial score (nSPS) is 19.2. The van der Waals surface area contributed by atoms with Crippen molar-refractivity contribution < 1.29 is 4.39 Å². The van der Waals surface area contributed by atoms with Gasteiger partial charge in [0.15, 0.2) is 0 Å². The van der Waals surface area contributed by atoms with Crippen LogP contribution < -0.4 is 5.32 Å². The zero-order valence-electron chi connectivity index (χ0n) is 11.4. The summed E-state index contributed by atoms with van der Waals surface area (Å²) in [5, 5.41) is 12.4. The largest absolute Gasteiger partial charge is 0.361 e. The van der Waals surface area contributed by atoms with E-state index in [1.807, 2.05) is 6.07 Å². The van der Waals surface area contributed by atoms with Gasteiger partial charge in [-0.1, -0.05) is 0 Å². The summed E-state index contributed by atoms with van der Waals surface area (Å²) in [5.41, 5.74) is 1.86. The van der Waals surface area contributed by atoms with Gasteiger partial charge in [0.25, 0.3) is 0 Å². The van der Waals surface area contributed by atoms with E-state index >= 15 is 0 Å². The number of hydrogen-bond acceptors (Lipinski definition) is 2. The quantitative estimate of drug-likeness (QED) is 0.772. The molecule has 104 valence electrons. The Morgan fingerprint density at radius 3 is 2.50 bits per heavy atom. The third-order valence-corrected chi connectivity index (χ3v) is 4.37. The summed E-state index contributed by atoms with van der Waals surface area (Å²) in [6.07, 6.45) is 7.60. The van der Waals surface area contributed by atoms with E-state index < -0.39 is 0 Å². The Morgan fingerprint density at radius 1 is 1.15 bits per heavy atom. The fourth-order valence-electron chi connectivity index (χ4n) is 2.82. The molecule has 1 spiro atoms. The first-order valence-electron chi connectivity index (χ1n) is 7.10. The van der Waals surface area contributed by atoms with Crippen molar-refractivity contribution >= 4 is 10.9 Å². The number of aromatic amines is 1. The summed E-state index contributed by atoms with van der Waals surface area (Å²) >= 11 is 0. The average Bonchev–Trinajstić information content (AvgIpc) is 3.04. The van der Waals surface area contributed by atoms with E-state index in [1.165, 1.54) is 44.8 Å². The molecule has 1 saturated heterocycles. The monoisotopic (exact) mass is 271 g/mol. The third-order valence-electron chi connectivity index (χ3n) is 4.37. The van der Waals surface area contributed by atoms with Crippen LogP contribution in [0.2, 0.25) is 0 Å². The van der Waals surface area contributed by atoms with E-state index in [2.05, 4.69) is 10.3 Å². The standard InChI is InChI=1S/C9H5FN2.C7H13N/c10-8-3-6(5-11)4-9-7(8)1-2-12-9;1-2-7(1)3-5-8-6-4-7/h1-4,12H;8H,1-6H2. The molecule has 0 radical (unpaired) electrons. The maximum atomic E-state index is 13.1. The van der Waals surface area contributed by atoms with Crippen molar-refractivity contribution in [1.82, 2.24) is 10.3 Å². The highest BCUT2D eigenvalue weighted by molar-refractivity contribution is 5.81. The zero-order valence-corrected chi connectivity index (χ0v) is 11.4. The molecule has 2 heterocycles. The van der Waals surface area contributed by atoms with Crippen LogP contribution >= 0.6 is 0 Å². The number of aromatic nitrogens is 1. The molecule has 1 saturated carbocycles. The highest BCUT2D eigenvalue weighted by Gasteiger charge is 2.42. The van der Waals surface area contributed by atoms with E-state index in [0.29, 0.717) is 16.5 Å². The third kappa shape index (κ3) is 2.68. The molecule has 20 heavy (non-hydrogen) atoms. The van der Waals surface area contributed by atoms with Crippen molar-refractivity contribution in [3.05, 3.63) is 35.8 Å². The number of hydrogen-bond donors (Lipinski definition) is 2. The Bertz CT molecular complexity index is 641. The highest BCUT2D eigenvalue weighted by atomic mass is 19.1. The van der Waals surface area contributed by atoms with Crippen LogP contribution in [-0.2, 0) is 0 Å². The molecule has 0 atom stereocenters. The Hall–Kier alpha value is -1.86. The molecular weight excluding hydrogens is 253 g/mol. The molecule has 4 heteroatoms. The van der Waals surface area contributed by atoms with E-state index in [-0.39, 0.29) is 5.82 Å². The molecule has 2 N–H and O–H groups in total. The first-order valence-corrected chi connectivity index (χ1v) is 7.10. The van der Waals surface area contributed by atoms with Crippen molar-refractivity contribution in [2.45, 2.75) is 25.7 Å². The molecule has 2 aromatic rings. The lowest BCUT2D eigenvalue weighted by atomic mass is 9.95. The fourth-order valence-corrected chi connectivity index (χ4v) is 2.82. The second-order valence-corrected chi connectivity index (χ2v) is 5.76. The Kier molecular flexibility index (Phi) is 3.45. The molecule has 4 rings (SSSR count). The summed E-state index contributed by atoms with van der Waals surface area (Å²) in [4.78, 5) is 2.84. The van der Waals surface area contributed by atoms with Gasteiger partial charge < -0.3 is 10.3 Å². The second kappa shape index (κ2) is 5.26. The molecule has 1 aliphatic carbocycles. The van der Waals surface area contributed by atoms with Crippen molar-refractivity contribution in [1.29, 1.82) is 5.26 Å². The van der Waals surface area contributed by atoms with E-state index in [0.717, 1.165) is 5.41 Å². The molecule has 0 bridgehead atoms. The Labute approximate surface area is 117 Å². The zero-order chi connectivity index (χ0) is 14.0. The molecule has 3 nitrogen and oxygen atoms in total. The van der Waals surface area contributed by atoms with Gasteiger partial charge in [-0.15, -0.1) is 0 Å². The van der Waals surface area contributed by atoms with Crippen LogP contribution in [0, 0.1) is 22.6 Å². The number of fused-ring (bicyclic) bond motifs is 1. The van der Waals surface area contributed by atoms with Crippen molar-refractivity contribution in [2.75, 3.05) is 13.1 Å². The molecule has 1 aromatic heterocycles. The second-order valence-electron chi connectivity index (χ2n) is 5.76. The van der Waals surface area contributed by atoms with Crippen LogP contribution in [0.15, 0.2) is 24.4 Å². The summed E-state index contributed by atoms with van der Waals surface area (Å²) in [5.74, 6) is -0.356. The van der Waals surface area contributed by atoms with Gasteiger partial charge in [0, 0.05) is 17.1 Å². The molecule has 1 aliphatic heterocycles. The van der Waals surface area contributed by atoms with Crippen LogP contribution in [0.3, 0.4) is 0 Å². The highest BCUT2D eigenvalue weighted by Crippen LogP contribution is 2.52. The molecule has 2 aliphatic rings. The lowest BCUT2D eigenvalue weighted by Gasteiger charge is -2.20. The average molecular weight is 271 g/mol. The minimum absolute atomic E-state index is 0.336. The minimum atomic E-state index is -0.356. The van der Waals surface area contributed by atoms with Gasteiger partial charge in [-0.2, -0.15) is 5.26 Å². The van der Waals surface area contributed by atoms with Crippen molar-refractivity contribution in [2.24, 2.45) is 5.41 Å². The maximum absolute atomic E-state index is 13.1. The number of rotatable bonds is 0. The topological polar surface area (TPSA) is 51.6 Å². The van der Waals surface area contributed by atoms with Gasteiger partial charge in [-0.05, 0) is 62.4 Å². The molecule has 2 fully saturated rings. The van der Waals surface area contributed by atoms with Gasteiger partial charge in [0.2, 0.25) is 0 Å². The van der Waals surface area contributed by atoms with E-state index in [4.69, 9.17) is 5.26 Å². The van der Waals surface area contributed by atoms with Crippen LogP contribution in [0.25, 0.3) is 10.9 Å². The molecular formula is C16H18FN3. The summed E-state index contributed by atoms with van der Waals surface area (Å²) in [6, 6.07) is 6.39. The lowest BCUT2D eigenvalue weighted by Crippen LogP contribution is -2.28. The van der Waals surface area contributed by atoms with E-state index in [9.17, 15) is 4.39 Å². The van der Waals surface area contributed by atoms with E-state index in [1.54, 1.807) is 18.3 Å².